The van der Waals surface area contributed by atoms with Gasteiger partial charge in [-0.3, -0.25) is 0 Å². The molecule has 0 radical (unpaired) electrons. The molecule has 0 amide bonds. The van der Waals surface area contributed by atoms with Crippen molar-refractivity contribution in [2.45, 2.75) is 6.61 Å². The van der Waals surface area contributed by atoms with Gasteiger partial charge < -0.3 is 19.6 Å². The summed E-state index contributed by atoms with van der Waals surface area (Å²) in [5.74, 6) is 1.61. The van der Waals surface area contributed by atoms with Gasteiger partial charge in [0.15, 0.2) is 11.5 Å². The summed E-state index contributed by atoms with van der Waals surface area (Å²) in [7, 11) is 1.59. The SMILES string of the molecule is COc1cc(/C=C/c2nnc(N)o2)ccc1OCc1ccc(Cl)cc1. The monoisotopic (exact) mass is 357 g/mol. The number of anilines is 1. The number of nitrogen functional groups attached to an aromatic ring is 1. The summed E-state index contributed by atoms with van der Waals surface area (Å²) >= 11 is 5.88. The van der Waals surface area contributed by atoms with E-state index in [1.165, 1.54) is 0 Å². The van der Waals surface area contributed by atoms with Crippen molar-refractivity contribution in [1.82, 2.24) is 10.2 Å². The minimum atomic E-state index is 0.0307. The van der Waals surface area contributed by atoms with Gasteiger partial charge in [-0.15, -0.1) is 5.10 Å². The number of rotatable bonds is 6. The van der Waals surface area contributed by atoms with Crippen LogP contribution >= 0.6 is 11.6 Å². The highest BCUT2D eigenvalue weighted by Crippen LogP contribution is 2.29. The first kappa shape index (κ1) is 16.9. The van der Waals surface area contributed by atoms with Crippen LogP contribution in [-0.4, -0.2) is 17.3 Å². The number of methoxy groups -OCH3 is 1. The molecular formula is C18H16ClN3O3. The molecule has 3 rings (SSSR count). The maximum atomic E-state index is 5.88. The van der Waals surface area contributed by atoms with Crippen molar-refractivity contribution in [2.24, 2.45) is 0 Å². The molecule has 0 fully saturated rings. The van der Waals surface area contributed by atoms with Crippen molar-refractivity contribution in [3.8, 4) is 11.5 Å². The predicted octanol–water partition coefficient (Wildman–Crippen LogP) is 4.06. The molecule has 0 spiro atoms. The van der Waals surface area contributed by atoms with Crippen LogP contribution in [0.15, 0.2) is 46.9 Å². The van der Waals surface area contributed by atoms with E-state index >= 15 is 0 Å². The highest BCUT2D eigenvalue weighted by molar-refractivity contribution is 6.30. The maximum Gasteiger partial charge on any atom is 0.313 e. The number of nitrogens with two attached hydrogens (primary N) is 1. The molecule has 25 heavy (non-hydrogen) atoms. The van der Waals surface area contributed by atoms with Crippen LogP contribution in [0.1, 0.15) is 17.0 Å². The Morgan fingerprint density at radius 2 is 1.88 bits per heavy atom. The van der Waals surface area contributed by atoms with Crippen molar-refractivity contribution < 1.29 is 13.9 Å². The highest BCUT2D eigenvalue weighted by atomic mass is 35.5. The third-order valence-corrected chi connectivity index (χ3v) is 3.62. The largest absolute Gasteiger partial charge is 0.493 e. The van der Waals surface area contributed by atoms with Crippen molar-refractivity contribution in [3.63, 3.8) is 0 Å². The van der Waals surface area contributed by atoms with Gasteiger partial charge in [-0.2, -0.15) is 0 Å². The van der Waals surface area contributed by atoms with E-state index in [-0.39, 0.29) is 6.01 Å². The smallest absolute Gasteiger partial charge is 0.313 e. The molecule has 1 heterocycles. The molecule has 0 aliphatic heterocycles. The zero-order valence-electron chi connectivity index (χ0n) is 13.5. The van der Waals surface area contributed by atoms with Crippen LogP contribution in [0.4, 0.5) is 6.01 Å². The summed E-state index contributed by atoms with van der Waals surface area (Å²) in [5.41, 5.74) is 7.30. The van der Waals surface area contributed by atoms with E-state index in [2.05, 4.69) is 10.2 Å². The number of benzene rings is 2. The van der Waals surface area contributed by atoms with E-state index in [0.717, 1.165) is 11.1 Å². The summed E-state index contributed by atoms with van der Waals surface area (Å²) in [5, 5.41) is 8.05. The summed E-state index contributed by atoms with van der Waals surface area (Å²) in [6.07, 6.45) is 3.49. The number of halogens is 1. The Bertz CT molecular complexity index is 876. The first-order chi connectivity index (χ1) is 12.1. The second-order valence-corrected chi connectivity index (χ2v) is 5.57. The number of ether oxygens (including phenoxy) is 2. The van der Waals surface area contributed by atoms with Crippen molar-refractivity contribution >= 4 is 29.8 Å². The quantitative estimate of drug-likeness (QED) is 0.716. The molecule has 7 heteroatoms. The summed E-state index contributed by atoms with van der Waals surface area (Å²) in [6, 6.07) is 13.1. The molecular weight excluding hydrogens is 342 g/mol. The van der Waals surface area contributed by atoms with Crippen LogP contribution in [0.25, 0.3) is 12.2 Å². The van der Waals surface area contributed by atoms with E-state index in [1.54, 1.807) is 13.2 Å². The van der Waals surface area contributed by atoms with Crippen molar-refractivity contribution in [1.29, 1.82) is 0 Å². The van der Waals surface area contributed by atoms with Gasteiger partial charge in [0, 0.05) is 11.1 Å². The van der Waals surface area contributed by atoms with Crippen LogP contribution in [0.2, 0.25) is 5.02 Å². The standard InChI is InChI=1S/C18H16ClN3O3/c1-23-16-10-12(5-9-17-21-22-18(20)25-17)4-8-15(16)24-11-13-2-6-14(19)7-3-13/h2-10H,11H2,1H3,(H2,20,22)/b9-5+. The third kappa shape index (κ3) is 4.51. The van der Waals surface area contributed by atoms with E-state index in [9.17, 15) is 0 Å². The van der Waals surface area contributed by atoms with Gasteiger partial charge >= 0.3 is 6.01 Å². The molecule has 128 valence electrons. The van der Waals surface area contributed by atoms with E-state index in [1.807, 2.05) is 48.5 Å². The molecule has 0 saturated carbocycles. The van der Waals surface area contributed by atoms with Crippen molar-refractivity contribution in [2.75, 3.05) is 12.8 Å². The van der Waals surface area contributed by atoms with Gasteiger partial charge in [-0.05, 0) is 41.5 Å². The minimum absolute atomic E-state index is 0.0307. The molecule has 6 nitrogen and oxygen atoms in total. The average Bonchev–Trinajstić information content (AvgIpc) is 3.05. The third-order valence-electron chi connectivity index (χ3n) is 3.37. The number of aromatic nitrogens is 2. The summed E-state index contributed by atoms with van der Waals surface area (Å²) < 4.78 is 16.3. The Morgan fingerprint density at radius 3 is 2.56 bits per heavy atom. The minimum Gasteiger partial charge on any atom is -0.493 e. The number of nitrogens with zero attached hydrogens (tertiary/aromatic N) is 2. The van der Waals surface area contributed by atoms with Gasteiger partial charge in [0.2, 0.25) is 5.89 Å². The summed E-state index contributed by atoms with van der Waals surface area (Å²) in [4.78, 5) is 0. The zero-order chi connectivity index (χ0) is 17.6. The molecule has 0 unspecified atom stereocenters. The molecule has 0 atom stereocenters. The molecule has 0 bridgehead atoms. The second-order valence-electron chi connectivity index (χ2n) is 5.14. The Kier molecular flexibility index (Phi) is 5.20. The Hall–Kier alpha value is -2.99. The van der Waals surface area contributed by atoms with E-state index in [0.29, 0.717) is 29.0 Å². The fraction of sp³-hybridized carbons (Fsp3) is 0.111. The molecule has 0 aliphatic carbocycles. The Balaban J connectivity index is 1.70. The van der Waals surface area contributed by atoms with Crippen LogP contribution in [0, 0.1) is 0 Å². The first-order valence-electron chi connectivity index (χ1n) is 7.46. The highest BCUT2D eigenvalue weighted by Gasteiger charge is 2.06. The fourth-order valence-corrected chi connectivity index (χ4v) is 2.26. The van der Waals surface area contributed by atoms with Crippen LogP contribution in [0.3, 0.4) is 0 Å². The van der Waals surface area contributed by atoms with Gasteiger partial charge in [0.1, 0.15) is 6.61 Å². The first-order valence-corrected chi connectivity index (χ1v) is 7.84. The van der Waals surface area contributed by atoms with Crippen LogP contribution < -0.4 is 15.2 Å². The Morgan fingerprint density at radius 1 is 1.08 bits per heavy atom. The molecule has 0 saturated heterocycles. The normalized spacial score (nSPS) is 11.0. The van der Waals surface area contributed by atoms with Crippen LogP contribution in [-0.2, 0) is 6.61 Å². The molecule has 0 aliphatic rings. The molecule has 1 aromatic heterocycles. The van der Waals surface area contributed by atoms with Crippen LogP contribution in [0.5, 0.6) is 11.5 Å². The summed E-state index contributed by atoms with van der Waals surface area (Å²) in [6.45, 7) is 0.421. The predicted molar refractivity (Wildman–Crippen MR) is 96.4 cm³/mol. The maximum absolute atomic E-state index is 5.88. The lowest BCUT2D eigenvalue weighted by atomic mass is 10.2. The lowest BCUT2D eigenvalue weighted by Gasteiger charge is -2.11. The molecule has 2 aromatic carbocycles. The molecule has 3 aromatic rings. The fourth-order valence-electron chi connectivity index (χ4n) is 2.13. The molecule has 2 N–H and O–H groups in total. The number of hydrogen-bond acceptors (Lipinski definition) is 6. The second kappa shape index (κ2) is 7.72. The Labute approximate surface area is 149 Å². The van der Waals surface area contributed by atoms with E-state index < -0.39 is 0 Å². The topological polar surface area (TPSA) is 83.4 Å². The number of hydrogen-bond donors (Lipinski definition) is 1. The zero-order valence-corrected chi connectivity index (χ0v) is 14.2. The van der Waals surface area contributed by atoms with Gasteiger partial charge in [-0.1, -0.05) is 34.9 Å². The van der Waals surface area contributed by atoms with E-state index in [4.69, 9.17) is 31.2 Å². The lowest BCUT2D eigenvalue weighted by molar-refractivity contribution is 0.284. The van der Waals surface area contributed by atoms with Crippen molar-refractivity contribution in [3.05, 3.63) is 64.5 Å². The van der Waals surface area contributed by atoms with Gasteiger partial charge in [-0.25, -0.2) is 0 Å². The van der Waals surface area contributed by atoms with Gasteiger partial charge in [0.05, 0.1) is 7.11 Å². The lowest BCUT2D eigenvalue weighted by Crippen LogP contribution is -1.97. The average molecular weight is 358 g/mol. The van der Waals surface area contributed by atoms with Gasteiger partial charge in [0.25, 0.3) is 0 Å².